The third-order valence-electron chi connectivity index (χ3n) is 5.28. The van der Waals surface area contributed by atoms with Crippen LogP contribution >= 0.6 is 0 Å². The van der Waals surface area contributed by atoms with Gasteiger partial charge in [0.15, 0.2) is 11.2 Å². The first-order valence-corrected chi connectivity index (χ1v) is 9.56. The SMILES string of the molecule is CC(C)Cn1c(CN2C[C@@H](C)C[C@H](C)C2)nc2c1c(=O)n(C)c(=O)n2C. The summed E-state index contributed by atoms with van der Waals surface area (Å²) in [6.45, 7) is 12.4. The van der Waals surface area contributed by atoms with E-state index in [9.17, 15) is 9.59 Å². The van der Waals surface area contributed by atoms with Gasteiger partial charge < -0.3 is 4.57 Å². The van der Waals surface area contributed by atoms with E-state index in [0.29, 0.717) is 35.5 Å². The van der Waals surface area contributed by atoms with Crippen molar-refractivity contribution in [2.24, 2.45) is 31.8 Å². The molecular weight excluding hydrogens is 330 g/mol. The van der Waals surface area contributed by atoms with E-state index in [1.165, 1.54) is 22.6 Å². The highest BCUT2D eigenvalue weighted by Crippen LogP contribution is 2.23. The second kappa shape index (κ2) is 7.02. The lowest BCUT2D eigenvalue weighted by Gasteiger charge is -2.34. The van der Waals surface area contributed by atoms with Crippen LogP contribution < -0.4 is 11.2 Å². The van der Waals surface area contributed by atoms with Gasteiger partial charge in [0.05, 0.1) is 6.54 Å². The predicted molar refractivity (Wildman–Crippen MR) is 103 cm³/mol. The number of hydrogen-bond acceptors (Lipinski definition) is 4. The number of fused-ring (bicyclic) bond motifs is 1. The standard InChI is InChI=1S/C19H31N5O2/c1-12(2)8-24-15(11-23-9-13(3)7-14(4)10-23)20-17-16(24)18(25)22(6)19(26)21(17)5/h12-14H,7-11H2,1-6H3/t13-,14-/m0/s1. The van der Waals surface area contributed by atoms with Crippen molar-refractivity contribution in [3.63, 3.8) is 0 Å². The number of piperidine rings is 1. The Balaban J connectivity index is 2.12. The molecule has 2 aromatic rings. The van der Waals surface area contributed by atoms with Crippen molar-refractivity contribution in [2.75, 3.05) is 13.1 Å². The van der Waals surface area contributed by atoms with E-state index in [0.717, 1.165) is 25.5 Å². The van der Waals surface area contributed by atoms with Crippen molar-refractivity contribution in [2.45, 2.75) is 47.2 Å². The number of imidazole rings is 1. The van der Waals surface area contributed by atoms with Gasteiger partial charge in [0, 0.05) is 33.7 Å². The Morgan fingerprint density at radius 1 is 1.08 bits per heavy atom. The van der Waals surface area contributed by atoms with Crippen molar-refractivity contribution in [1.29, 1.82) is 0 Å². The van der Waals surface area contributed by atoms with E-state index in [-0.39, 0.29) is 11.2 Å². The summed E-state index contributed by atoms with van der Waals surface area (Å²) in [5.74, 6) is 2.60. The van der Waals surface area contributed by atoms with Gasteiger partial charge in [0.1, 0.15) is 5.82 Å². The third kappa shape index (κ3) is 3.37. The highest BCUT2D eigenvalue weighted by atomic mass is 16.2. The Kier molecular flexibility index (Phi) is 5.10. The number of likely N-dealkylation sites (tertiary alicyclic amines) is 1. The number of aryl methyl sites for hydroxylation is 1. The molecule has 7 heteroatoms. The fourth-order valence-corrected chi connectivity index (χ4v) is 4.30. The number of hydrogen-bond donors (Lipinski definition) is 0. The third-order valence-corrected chi connectivity index (χ3v) is 5.28. The minimum absolute atomic E-state index is 0.261. The molecule has 0 N–H and O–H groups in total. The zero-order valence-corrected chi connectivity index (χ0v) is 16.8. The molecule has 1 aliphatic rings. The van der Waals surface area contributed by atoms with Crippen molar-refractivity contribution in [3.05, 3.63) is 26.7 Å². The zero-order chi connectivity index (χ0) is 19.2. The van der Waals surface area contributed by atoms with Gasteiger partial charge >= 0.3 is 5.69 Å². The molecule has 1 aliphatic heterocycles. The molecule has 1 saturated heterocycles. The molecule has 0 amide bonds. The fraction of sp³-hybridized carbons (Fsp3) is 0.737. The van der Waals surface area contributed by atoms with E-state index >= 15 is 0 Å². The smallest absolute Gasteiger partial charge is 0.321 e. The minimum Gasteiger partial charge on any atom is -0.321 e. The van der Waals surface area contributed by atoms with Crippen LogP contribution in [0.25, 0.3) is 11.2 Å². The first-order valence-electron chi connectivity index (χ1n) is 9.56. The summed E-state index contributed by atoms with van der Waals surface area (Å²) < 4.78 is 4.69. The van der Waals surface area contributed by atoms with Gasteiger partial charge in [-0.3, -0.25) is 18.8 Å². The Bertz CT molecular complexity index is 911. The van der Waals surface area contributed by atoms with E-state index in [4.69, 9.17) is 4.98 Å². The fourth-order valence-electron chi connectivity index (χ4n) is 4.30. The summed E-state index contributed by atoms with van der Waals surface area (Å²) in [7, 11) is 3.22. The molecule has 0 aromatic carbocycles. The highest BCUT2D eigenvalue weighted by molar-refractivity contribution is 5.71. The van der Waals surface area contributed by atoms with Crippen LogP contribution in [-0.4, -0.2) is 36.7 Å². The maximum Gasteiger partial charge on any atom is 0.332 e. The lowest BCUT2D eigenvalue weighted by Crippen LogP contribution is -2.39. The maximum atomic E-state index is 12.8. The second-order valence-corrected chi connectivity index (χ2v) is 8.55. The molecular formula is C19H31N5O2. The molecule has 0 bridgehead atoms. The normalized spacial score (nSPS) is 21.8. The topological polar surface area (TPSA) is 65.1 Å². The molecule has 2 atom stereocenters. The molecule has 7 nitrogen and oxygen atoms in total. The van der Waals surface area contributed by atoms with Crippen LogP contribution in [0.5, 0.6) is 0 Å². The Morgan fingerprint density at radius 3 is 2.27 bits per heavy atom. The van der Waals surface area contributed by atoms with E-state index in [1.54, 1.807) is 7.05 Å². The average Bonchev–Trinajstić information content (AvgIpc) is 2.88. The van der Waals surface area contributed by atoms with Gasteiger partial charge in [-0.05, 0) is 24.2 Å². The molecule has 1 fully saturated rings. The summed E-state index contributed by atoms with van der Waals surface area (Å²) in [6.07, 6.45) is 1.26. The molecule has 0 unspecified atom stereocenters. The van der Waals surface area contributed by atoms with Crippen molar-refractivity contribution < 1.29 is 0 Å². The Morgan fingerprint density at radius 2 is 1.69 bits per heavy atom. The summed E-state index contributed by atoms with van der Waals surface area (Å²) in [6, 6.07) is 0. The van der Waals surface area contributed by atoms with Crippen molar-refractivity contribution in [3.8, 4) is 0 Å². The second-order valence-electron chi connectivity index (χ2n) is 8.55. The predicted octanol–water partition coefficient (Wildman–Crippen LogP) is 1.57. The molecule has 0 spiro atoms. The summed E-state index contributed by atoms with van der Waals surface area (Å²) in [4.78, 5) is 32.2. The van der Waals surface area contributed by atoms with Gasteiger partial charge in [-0.1, -0.05) is 27.7 Å². The average molecular weight is 361 g/mol. The van der Waals surface area contributed by atoms with Gasteiger partial charge in [-0.15, -0.1) is 0 Å². The van der Waals surface area contributed by atoms with Crippen molar-refractivity contribution in [1.82, 2.24) is 23.6 Å². The van der Waals surface area contributed by atoms with Crippen LogP contribution in [0.15, 0.2) is 9.59 Å². The van der Waals surface area contributed by atoms with Gasteiger partial charge in [0.2, 0.25) is 0 Å². The quantitative estimate of drug-likeness (QED) is 0.829. The molecule has 144 valence electrons. The first-order chi connectivity index (χ1) is 12.2. The van der Waals surface area contributed by atoms with Gasteiger partial charge in [0.25, 0.3) is 5.56 Å². The number of nitrogens with zero attached hydrogens (tertiary/aromatic N) is 5. The summed E-state index contributed by atoms with van der Waals surface area (Å²) in [5.41, 5.74) is 0.439. The first kappa shape index (κ1) is 18.9. The Hall–Kier alpha value is -1.89. The zero-order valence-electron chi connectivity index (χ0n) is 16.8. The van der Waals surface area contributed by atoms with Gasteiger partial charge in [-0.2, -0.15) is 0 Å². The molecule has 0 aliphatic carbocycles. The molecule has 2 aromatic heterocycles. The Labute approximate surface area is 154 Å². The van der Waals surface area contributed by atoms with E-state index < -0.39 is 0 Å². The van der Waals surface area contributed by atoms with Crippen LogP contribution in [0.3, 0.4) is 0 Å². The van der Waals surface area contributed by atoms with Crippen molar-refractivity contribution >= 4 is 11.2 Å². The summed E-state index contributed by atoms with van der Waals surface area (Å²) in [5, 5.41) is 0. The van der Waals surface area contributed by atoms with Crippen LogP contribution in [0.2, 0.25) is 0 Å². The largest absolute Gasteiger partial charge is 0.332 e. The molecule has 26 heavy (non-hydrogen) atoms. The monoisotopic (exact) mass is 361 g/mol. The minimum atomic E-state index is -0.330. The molecule has 3 heterocycles. The van der Waals surface area contributed by atoms with E-state index in [1.807, 2.05) is 4.57 Å². The lowest BCUT2D eigenvalue weighted by atomic mass is 9.92. The molecule has 3 rings (SSSR count). The lowest BCUT2D eigenvalue weighted by molar-refractivity contribution is 0.130. The maximum absolute atomic E-state index is 12.8. The molecule has 0 radical (unpaired) electrons. The van der Waals surface area contributed by atoms with E-state index in [2.05, 4.69) is 32.6 Å². The van der Waals surface area contributed by atoms with Gasteiger partial charge in [-0.25, -0.2) is 9.78 Å². The van der Waals surface area contributed by atoms with Crippen LogP contribution in [0, 0.1) is 17.8 Å². The highest BCUT2D eigenvalue weighted by Gasteiger charge is 2.25. The molecule has 0 saturated carbocycles. The van der Waals surface area contributed by atoms with Crippen LogP contribution in [0.4, 0.5) is 0 Å². The summed E-state index contributed by atoms with van der Waals surface area (Å²) >= 11 is 0. The number of aromatic nitrogens is 4. The van der Waals surface area contributed by atoms with Crippen LogP contribution in [-0.2, 0) is 27.2 Å². The number of rotatable bonds is 4. The van der Waals surface area contributed by atoms with Crippen LogP contribution in [0.1, 0.15) is 39.9 Å².